The third-order valence-corrected chi connectivity index (χ3v) is 10.3. The van der Waals surface area contributed by atoms with Crippen LogP contribution in [0.5, 0.6) is 5.75 Å². The number of aromatic nitrogens is 1. The van der Waals surface area contributed by atoms with Crippen molar-refractivity contribution in [2.75, 3.05) is 33.3 Å². The third kappa shape index (κ3) is 5.39. The molecule has 1 atom stereocenters. The van der Waals surface area contributed by atoms with E-state index in [-0.39, 0.29) is 11.4 Å². The normalized spacial score (nSPS) is 20.2. The van der Waals surface area contributed by atoms with Crippen molar-refractivity contribution in [1.29, 1.82) is 0 Å². The molecule has 7 rings (SSSR count). The summed E-state index contributed by atoms with van der Waals surface area (Å²) < 4.78 is 6.09. The standard InChI is InChI=1S/C34H38N4O2S/c1-23-7-8-26(40-22-25-11-17-37(25)2)20-29(23)33(39)36-34(12-13-34)30-18-24(19-31-28(30)6-5-14-35-31)32-10-9-27(41-32)21-38-15-3-4-16-38/h5-10,14,18-20,25H,3-4,11-13,15-17,21-22H2,1-2H3,(H,36,39). The predicted molar refractivity (Wildman–Crippen MR) is 166 cm³/mol. The first kappa shape index (κ1) is 26.6. The Bertz CT molecular complexity index is 1590. The van der Waals surface area contributed by atoms with Gasteiger partial charge < -0.3 is 10.1 Å². The van der Waals surface area contributed by atoms with Crippen LogP contribution >= 0.6 is 11.3 Å². The quantitative estimate of drug-likeness (QED) is 0.255. The number of likely N-dealkylation sites (tertiary alicyclic amines) is 2. The van der Waals surface area contributed by atoms with Crippen molar-refractivity contribution in [2.24, 2.45) is 0 Å². The number of benzene rings is 2. The second-order valence-corrected chi connectivity index (χ2v) is 13.3. The highest BCUT2D eigenvalue weighted by Gasteiger charge is 2.47. The van der Waals surface area contributed by atoms with Gasteiger partial charge in [-0.25, -0.2) is 0 Å². The van der Waals surface area contributed by atoms with E-state index in [1.807, 2.05) is 48.7 Å². The fraction of sp³-hybridized carbons (Fsp3) is 0.412. The lowest BCUT2D eigenvalue weighted by molar-refractivity contribution is 0.0767. The Morgan fingerprint density at radius 1 is 1.10 bits per heavy atom. The molecule has 2 aliphatic heterocycles. The molecule has 2 saturated heterocycles. The number of rotatable bonds is 9. The molecule has 1 unspecified atom stereocenters. The van der Waals surface area contributed by atoms with E-state index in [0.717, 1.165) is 54.6 Å². The summed E-state index contributed by atoms with van der Waals surface area (Å²) in [6.07, 6.45) is 7.46. The van der Waals surface area contributed by atoms with Crippen LogP contribution in [0.2, 0.25) is 0 Å². The molecule has 6 nitrogen and oxygen atoms in total. The smallest absolute Gasteiger partial charge is 0.252 e. The summed E-state index contributed by atoms with van der Waals surface area (Å²) in [6.45, 7) is 7.20. The Hall–Kier alpha value is -3.26. The van der Waals surface area contributed by atoms with Crippen LogP contribution in [0.1, 0.15) is 58.5 Å². The Balaban J connectivity index is 1.15. The van der Waals surface area contributed by atoms with Crippen LogP contribution in [0.3, 0.4) is 0 Å². The summed E-state index contributed by atoms with van der Waals surface area (Å²) in [6, 6.07) is 19.5. The molecule has 3 fully saturated rings. The van der Waals surface area contributed by atoms with Crippen LogP contribution < -0.4 is 10.1 Å². The van der Waals surface area contributed by atoms with Gasteiger partial charge in [0.05, 0.1) is 11.1 Å². The van der Waals surface area contributed by atoms with E-state index in [2.05, 4.69) is 52.5 Å². The number of nitrogens with zero attached hydrogens (tertiary/aromatic N) is 3. The molecule has 4 heterocycles. The average molecular weight is 567 g/mol. The number of pyridine rings is 1. The molecule has 212 valence electrons. The van der Waals surface area contributed by atoms with Gasteiger partial charge in [-0.2, -0.15) is 0 Å². The fourth-order valence-electron chi connectivity index (χ4n) is 6.28. The van der Waals surface area contributed by atoms with Crippen molar-refractivity contribution >= 4 is 28.1 Å². The SMILES string of the molecule is Cc1ccc(OCC2CCN2C)cc1C(=O)NC1(c2cc(-c3ccc(CN4CCCC4)s3)cc3ncccc23)CC1. The second-order valence-electron chi connectivity index (χ2n) is 12.1. The number of amides is 1. The number of likely N-dealkylation sites (N-methyl/N-ethyl adjacent to an activating group) is 1. The first-order valence-electron chi connectivity index (χ1n) is 14.9. The molecule has 0 spiro atoms. The van der Waals surface area contributed by atoms with E-state index in [9.17, 15) is 4.79 Å². The van der Waals surface area contributed by atoms with Crippen molar-refractivity contribution in [3.63, 3.8) is 0 Å². The molecule has 1 aliphatic carbocycles. The van der Waals surface area contributed by atoms with E-state index < -0.39 is 0 Å². The lowest BCUT2D eigenvalue weighted by Crippen LogP contribution is -2.48. The van der Waals surface area contributed by atoms with Crippen LogP contribution in [0, 0.1) is 6.92 Å². The zero-order valence-electron chi connectivity index (χ0n) is 24.0. The molecule has 1 amide bonds. The number of ether oxygens (including phenoxy) is 1. The molecular weight excluding hydrogens is 528 g/mol. The number of nitrogens with one attached hydrogen (secondary N) is 1. The van der Waals surface area contributed by atoms with Crippen molar-refractivity contribution in [1.82, 2.24) is 20.1 Å². The van der Waals surface area contributed by atoms with Gasteiger partial charge in [-0.1, -0.05) is 12.1 Å². The Morgan fingerprint density at radius 2 is 1.95 bits per heavy atom. The lowest BCUT2D eigenvalue weighted by Gasteiger charge is -2.37. The van der Waals surface area contributed by atoms with Gasteiger partial charge in [-0.05, 0) is 125 Å². The van der Waals surface area contributed by atoms with Crippen LogP contribution in [-0.4, -0.2) is 60.0 Å². The van der Waals surface area contributed by atoms with Gasteiger partial charge in [0, 0.05) is 39.5 Å². The van der Waals surface area contributed by atoms with Gasteiger partial charge in [0.25, 0.3) is 5.91 Å². The van der Waals surface area contributed by atoms with Gasteiger partial charge in [0.2, 0.25) is 0 Å². The summed E-state index contributed by atoms with van der Waals surface area (Å²) in [4.78, 5) is 26.0. The van der Waals surface area contributed by atoms with Crippen LogP contribution in [0.4, 0.5) is 0 Å². The summed E-state index contributed by atoms with van der Waals surface area (Å²) in [5.74, 6) is 0.711. The highest BCUT2D eigenvalue weighted by molar-refractivity contribution is 7.15. The Labute approximate surface area is 246 Å². The van der Waals surface area contributed by atoms with Gasteiger partial charge in [0.15, 0.2) is 0 Å². The van der Waals surface area contributed by atoms with Gasteiger partial charge >= 0.3 is 0 Å². The average Bonchev–Trinajstić information content (AvgIpc) is 3.32. The summed E-state index contributed by atoms with van der Waals surface area (Å²) in [7, 11) is 2.13. The molecule has 4 aromatic rings. The van der Waals surface area contributed by atoms with E-state index in [4.69, 9.17) is 9.72 Å². The second kappa shape index (κ2) is 10.9. The van der Waals surface area contributed by atoms with Crippen LogP contribution in [0.25, 0.3) is 21.3 Å². The maximum absolute atomic E-state index is 13.8. The number of aryl methyl sites for hydroxylation is 1. The van der Waals surface area contributed by atoms with Crippen molar-refractivity contribution < 1.29 is 9.53 Å². The predicted octanol–water partition coefficient (Wildman–Crippen LogP) is 6.37. The largest absolute Gasteiger partial charge is 0.492 e. The van der Waals surface area contributed by atoms with Crippen molar-refractivity contribution in [2.45, 2.75) is 57.2 Å². The molecule has 7 heteroatoms. The van der Waals surface area contributed by atoms with E-state index in [0.29, 0.717) is 18.2 Å². The minimum absolute atomic E-state index is 0.0438. The number of thiophene rings is 1. The number of hydrogen-bond donors (Lipinski definition) is 1. The number of fused-ring (bicyclic) bond motifs is 1. The van der Waals surface area contributed by atoms with E-state index in [1.165, 1.54) is 46.8 Å². The van der Waals surface area contributed by atoms with Gasteiger partial charge in [-0.3, -0.25) is 19.6 Å². The van der Waals surface area contributed by atoms with Crippen molar-refractivity contribution in [3.8, 4) is 16.2 Å². The molecule has 3 aliphatic rings. The van der Waals surface area contributed by atoms with Crippen molar-refractivity contribution in [3.05, 3.63) is 82.4 Å². The summed E-state index contributed by atoms with van der Waals surface area (Å²) >= 11 is 1.87. The van der Waals surface area contributed by atoms with Crippen LogP contribution in [-0.2, 0) is 12.1 Å². The number of carbonyl (C=O) groups excluding carboxylic acids is 1. The topological polar surface area (TPSA) is 57.7 Å². The minimum Gasteiger partial charge on any atom is -0.492 e. The Kier molecular flexibility index (Phi) is 7.05. The Morgan fingerprint density at radius 3 is 2.71 bits per heavy atom. The zero-order chi connectivity index (χ0) is 28.0. The van der Waals surface area contributed by atoms with Gasteiger partial charge in [-0.15, -0.1) is 11.3 Å². The number of carbonyl (C=O) groups is 1. The maximum Gasteiger partial charge on any atom is 0.252 e. The molecule has 41 heavy (non-hydrogen) atoms. The van der Waals surface area contributed by atoms with E-state index >= 15 is 0 Å². The highest BCUT2D eigenvalue weighted by atomic mass is 32.1. The molecule has 0 radical (unpaired) electrons. The molecular formula is C34H38N4O2S. The monoisotopic (exact) mass is 566 g/mol. The maximum atomic E-state index is 13.8. The minimum atomic E-state index is -0.387. The van der Waals surface area contributed by atoms with Crippen LogP contribution in [0.15, 0.2) is 60.8 Å². The fourth-order valence-corrected chi connectivity index (χ4v) is 7.32. The molecule has 1 N–H and O–H groups in total. The lowest BCUT2D eigenvalue weighted by atomic mass is 9.95. The summed E-state index contributed by atoms with van der Waals surface area (Å²) in [5.41, 5.74) is 4.57. The molecule has 2 aromatic carbocycles. The van der Waals surface area contributed by atoms with Gasteiger partial charge in [0.1, 0.15) is 12.4 Å². The highest BCUT2D eigenvalue weighted by Crippen LogP contribution is 2.49. The van der Waals surface area contributed by atoms with E-state index in [1.54, 1.807) is 0 Å². The first-order chi connectivity index (χ1) is 20.0. The molecule has 1 saturated carbocycles. The molecule has 2 aromatic heterocycles. The third-order valence-electron chi connectivity index (χ3n) is 9.20. The molecule has 0 bridgehead atoms. The number of hydrogen-bond acceptors (Lipinski definition) is 6. The summed E-state index contributed by atoms with van der Waals surface area (Å²) in [5, 5.41) is 4.57. The first-order valence-corrected chi connectivity index (χ1v) is 15.8. The zero-order valence-corrected chi connectivity index (χ0v) is 24.8.